The minimum absolute atomic E-state index is 0.149. The van der Waals surface area contributed by atoms with Crippen LogP contribution in [0.1, 0.15) is 43.2 Å². The van der Waals surface area contributed by atoms with Crippen LogP contribution in [0.15, 0.2) is 60.8 Å². The Hall–Kier alpha value is -2.44. The van der Waals surface area contributed by atoms with Gasteiger partial charge in [-0.25, -0.2) is 8.42 Å². The lowest BCUT2D eigenvalue weighted by Gasteiger charge is -2.51. The summed E-state index contributed by atoms with van der Waals surface area (Å²) in [6.45, 7) is 2.00. The molecule has 1 saturated heterocycles. The standard InChI is InChI=1S/C25H29N3O2S/c1-31(29,30)27-22-8-4-7-21(15-22)25-11-5-9-23(16-25)28(13-12-25)18-19-14-20-6-2-3-10-24(20)26-17-19/h2-4,6-8,10,14-15,17,23,27H,5,9,11-13,16,18H2,1H3. The van der Waals surface area contributed by atoms with Gasteiger partial charge in [-0.2, -0.15) is 0 Å². The maximum absolute atomic E-state index is 11.7. The number of sulfonamides is 1. The number of nitrogens with zero attached hydrogens (tertiary/aromatic N) is 2. The SMILES string of the molecule is CS(=O)(=O)Nc1cccc(C23CCCC(C2)N(Cc2cnc4ccccc4c2)CC3)c1. The molecule has 2 atom stereocenters. The molecule has 2 fully saturated rings. The van der Waals surface area contributed by atoms with Crippen LogP contribution in [0.4, 0.5) is 5.69 Å². The number of likely N-dealkylation sites (tertiary alicyclic amines) is 1. The molecule has 1 saturated carbocycles. The van der Waals surface area contributed by atoms with Gasteiger partial charge >= 0.3 is 0 Å². The van der Waals surface area contributed by atoms with Crippen molar-refractivity contribution in [3.8, 4) is 0 Å². The molecule has 3 aromatic rings. The van der Waals surface area contributed by atoms with Crippen molar-refractivity contribution in [2.45, 2.75) is 50.1 Å². The van der Waals surface area contributed by atoms with E-state index >= 15 is 0 Å². The molecule has 162 valence electrons. The van der Waals surface area contributed by atoms with Gasteiger partial charge in [-0.05, 0) is 73.0 Å². The van der Waals surface area contributed by atoms with E-state index in [-0.39, 0.29) is 5.41 Å². The molecule has 1 aliphatic carbocycles. The normalized spacial score (nSPS) is 24.2. The van der Waals surface area contributed by atoms with Gasteiger partial charge in [0.15, 0.2) is 0 Å². The summed E-state index contributed by atoms with van der Waals surface area (Å²) in [4.78, 5) is 7.27. The third kappa shape index (κ3) is 4.32. The molecular weight excluding hydrogens is 406 g/mol. The number of piperidine rings is 1. The van der Waals surface area contributed by atoms with E-state index in [1.165, 1.54) is 42.0 Å². The zero-order valence-corrected chi connectivity index (χ0v) is 18.7. The van der Waals surface area contributed by atoms with Crippen LogP contribution in [0.25, 0.3) is 10.9 Å². The molecule has 2 aliphatic rings. The predicted octanol–water partition coefficient (Wildman–Crippen LogP) is 4.69. The summed E-state index contributed by atoms with van der Waals surface area (Å²) in [7, 11) is -3.27. The largest absolute Gasteiger partial charge is 0.296 e. The lowest BCUT2D eigenvalue weighted by Crippen LogP contribution is -2.51. The van der Waals surface area contributed by atoms with Gasteiger partial charge in [-0.1, -0.05) is 36.8 Å². The molecule has 1 N–H and O–H groups in total. The second-order valence-corrected chi connectivity index (χ2v) is 11.0. The van der Waals surface area contributed by atoms with E-state index < -0.39 is 10.0 Å². The molecule has 2 bridgehead atoms. The fourth-order valence-corrected chi connectivity index (χ4v) is 6.14. The summed E-state index contributed by atoms with van der Waals surface area (Å²) >= 11 is 0. The first-order valence-electron chi connectivity index (χ1n) is 11.1. The number of benzene rings is 2. The Morgan fingerprint density at radius 3 is 2.87 bits per heavy atom. The average Bonchev–Trinajstić information content (AvgIpc) is 2.75. The quantitative estimate of drug-likeness (QED) is 0.631. The highest BCUT2D eigenvalue weighted by Crippen LogP contribution is 2.47. The highest BCUT2D eigenvalue weighted by atomic mass is 32.2. The molecule has 2 unspecified atom stereocenters. The van der Waals surface area contributed by atoms with E-state index in [1.54, 1.807) is 0 Å². The first-order valence-corrected chi connectivity index (χ1v) is 13.0. The van der Waals surface area contributed by atoms with Crippen molar-refractivity contribution in [2.75, 3.05) is 17.5 Å². The van der Waals surface area contributed by atoms with Crippen LogP contribution in [0, 0.1) is 0 Å². The first kappa shape index (κ1) is 20.5. The van der Waals surface area contributed by atoms with E-state index in [9.17, 15) is 8.42 Å². The Morgan fingerprint density at radius 2 is 2.00 bits per heavy atom. The monoisotopic (exact) mass is 435 g/mol. The minimum atomic E-state index is -3.27. The van der Waals surface area contributed by atoms with Crippen molar-refractivity contribution in [3.05, 3.63) is 71.9 Å². The van der Waals surface area contributed by atoms with Crippen molar-refractivity contribution in [1.29, 1.82) is 0 Å². The number of hydrogen-bond acceptors (Lipinski definition) is 4. The van der Waals surface area contributed by atoms with Gasteiger partial charge in [-0.15, -0.1) is 0 Å². The van der Waals surface area contributed by atoms with E-state index in [2.05, 4.69) is 44.9 Å². The lowest BCUT2D eigenvalue weighted by atomic mass is 9.63. The fraction of sp³-hybridized carbons (Fsp3) is 0.400. The number of rotatable bonds is 5. The molecule has 2 aromatic carbocycles. The molecule has 5 nitrogen and oxygen atoms in total. The Balaban J connectivity index is 1.35. The number of nitrogens with one attached hydrogen (secondary N) is 1. The van der Waals surface area contributed by atoms with Gasteiger partial charge in [0.1, 0.15) is 0 Å². The summed E-state index contributed by atoms with van der Waals surface area (Å²) in [5.41, 5.74) is 4.41. The molecule has 2 heterocycles. The number of aromatic nitrogens is 1. The fourth-order valence-electron chi connectivity index (χ4n) is 5.59. The Kier molecular flexibility index (Phi) is 5.22. The van der Waals surface area contributed by atoms with Gasteiger partial charge in [0.05, 0.1) is 11.8 Å². The molecule has 6 heteroatoms. The first-order chi connectivity index (χ1) is 14.9. The smallest absolute Gasteiger partial charge is 0.229 e. The summed E-state index contributed by atoms with van der Waals surface area (Å²) < 4.78 is 26.0. The third-order valence-corrected chi connectivity index (χ3v) is 7.63. The van der Waals surface area contributed by atoms with Crippen LogP contribution in [-0.4, -0.2) is 37.1 Å². The van der Waals surface area contributed by atoms with Crippen molar-refractivity contribution < 1.29 is 8.42 Å². The Labute approximate surface area is 184 Å². The minimum Gasteiger partial charge on any atom is -0.296 e. The molecule has 1 aromatic heterocycles. The lowest BCUT2D eigenvalue weighted by molar-refractivity contribution is 0.0458. The molecule has 0 amide bonds. The Bertz CT molecular complexity index is 1210. The van der Waals surface area contributed by atoms with Crippen LogP contribution in [0.5, 0.6) is 0 Å². The zero-order valence-electron chi connectivity index (χ0n) is 17.9. The van der Waals surface area contributed by atoms with Gasteiger partial charge in [-0.3, -0.25) is 14.6 Å². The summed E-state index contributed by atoms with van der Waals surface area (Å²) in [5, 5.41) is 1.20. The number of pyridine rings is 1. The van der Waals surface area contributed by atoms with Crippen molar-refractivity contribution >= 4 is 26.6 Å². The second-order valence-electron chi connectivity index (χ2n) is 9.24. The molecule has 31 heavy (non-hydrogen) atoms. The van der Waals surface area contributed by atoms with Crippen LogP contribution in [0.2, 0.25) is 0 Å². The van der Waals surface area contributed by atoms with E-state index in [0.29, 0.717) is 11.7 Å². The van der Waals surface area contributed by atoms with Gasteiger partial charge in [0.2, 0.25) is 10.0 Å². The van der Waals surface area contributed by atoms with Crippen LogP contribution < -0.4 is 4.72 Å². The number of fused-ring (bicyclic) bond motifs is 3. The van der Waals surface area contributed by atoms with Gasteiger partial charge < -0.3 is 0 Å². The van der Waals surface area contributed by atoms with Crippen molar-refractivity contribution in [3.63, 3.8) is 0 Å². The van der Waals surface area contributed by atoms with E-state index in [1.807, 2.05) is 30.5 Å². The summed E-state index contributed by atoms with van der Waals surface area (Å²) in [6, 6.07) is 19.2. The highest BCUT2D eigenvalue weighted by molar-refractivity contribution is 7.92. The van der Waals surface area contributed by atoms with Crippen LogP contribution >= 0.6 is 0 Å². The molecule has 5 rings (SSSR count). The average molecular weight is 436 g/mol. The second kappa shape index (κ2) is 7.92. The van der Waals surface area contributed by atoms with E-state index in [4.69, 9.17) is 0 Å². The van der Waals surface area contributed by atoms with Crippen LogP contribution in [-0.2, 0) is 22.0 Å². The molecular formula is C25H29N3O2S. The maximum Gasteiger partial charge on any atom is 0.229 e. The highest BCUT2D eigenvalue weighted by Gasteiger charge is 2.43. The molecule has 1 aliphatic heterocycles. The van der Waals surface area contributed by atoms with Crippen molar-refractivity contribution in [2.24, 2.45) is 0 Å². The molecule has 0 spiro atoms. The maximum atomic E-state index is 11.7. The topological polar surface area (TPSA) is 62.3 Å². The van der Waals surface area contributed by atoms with E-state index in [0.717, 1.165) is 31.4 Å². The summed E-state index contributed by atoms with van der Waals surface area (Å²) in [5.74, 6) is 0. The summed E-state index contributed by atoms with van der Waals surface area (Å²) in [6.07, 6.45) is 9.08. The van der Waals surface area contributed by atoms with Gasteiger partial charge in [0, 0.05) is 29.9 Å². The van der Waals surface area contributed by atoms with Crippen molar-refractivity contribution in [1.82, 2.24) is 9.88 Å². The van der Waals surface area contributed by atoms with Gasteiger partial charge in [0.25, 0.3) is 0 Å². The number of anilines is 1. The third-order valence-electron chi connectivity index (χ3n) is 7.02. The zero-order chi connectivity index (χ0) is 21.5. The number of hydrogen-bond donors (Lipinski definition) is 1. The Morgan fingerprint density at radius 1 is 1.13 bits per heavy atom. The molecule has 0 radical (unpaired) electrons. The predicted molar refractivity (Wildman–Crippen MR) is 126 cm³/mol. The number of para-hydroxylation sites is 1. The van der Waals surface area contributed by atoms with Crippen LogP contribution in [0.3, 0.4) is 0 Å².